The number of alkyl carbamates (subject to hydrolysis) is 1. The number of nitrogens with zero attached hydrogens (tertiary/aromatic N) is 6. The number of likely N-dealkylation sites (tertiary alicyclic amines) is 2. The maximum Gasteiger partial charge on any atom is 1.00 e. The number of ether oxygens (including phenoxy) is 2. The average molecular weight is 1460 g/mol. The summed E-state index contributed by atoms with van der Waals surface area (Å²) in [4.78, 5) is 57.5. The topological polar surface area (TPSA) is 244 Å². The van der Waals surface area contributed by atoms with Crippen molar-refractivity contribution in [2.75, 3.05) is 118 Å². The number of aliphatic carboxylic acids is 1. The minimum absolute atomic E-state index is 0. The number of pyridine rings is 3. The predicted octanol–water partition coefficient (Wildman–Crippen LogP) is 13.0. The molecule has 6 heterocycles. The van der Waals surface area contributed by atoms with E-state index >= 15 is 0 Å². The third-order valence-electron chi connectivity index (χ3n) is 9.98. The molecule has 7 N–H and O–H groups in total. The number of nitrogens with one attached hydrogen (secondary N) is 4. The minimum Gasteiger partial charge on any atom is -1.00 e. The quantitative estimate of drug-likeness (QED) is 0.0896. The number of carbonyl (C=O) groups is 4. The summed E-state index contributed by atoms with van der Waals surface area (Å²) in [6.07, 6.45) is 19.8. The van der Waals surface area contributed by atoms with Gasteiger partial charge in [-0.2, -0.15) is 0 Å². The zero-order chi connectivity index (χ0) is 76.0. The number of halogens is 3. The Balaban J connectivity index is -0.0000000505. The van der Waals surface area contributed by atoms with Crippen molar-refractivity contribution in [2.45, 2.75) is 229 Å². The van der Waals surface area contributed by atoms with Gasteiger partial charge >= 0.3 is 35.7 Å². The van der Waals surface area contributed by atoms with E-state index in [1.165, 1.54) is 85.8 Å². The molecule has 0 bridgehead atoms. The number of amides is 3. The van der Waals surface area contributed by atoms with Crippen LogP contribution in [0, 0.1) is 0 Å². The maximum absolute atomic E-state index is 10.5. The summed E-state index contributed by atoms with van der Waals surface area (Å²) in [7, 11) is 6.55. The first-order chi connectivity index (χ1) is 44.6. The molecule has 3 amide bonds. The van der Waals surface area contributed by atoms with E-state index in [1.807, 2.05) is 172 Å². The molecule has 562 valence electrons. The fraction of sp³-hybridized carbons (Fsp3) is 0.732. The Morgan fingerprint density at radius 1 is 0.543 bits per heavy atom. The summed E-state index contributed by atoms with van der Waals surface area (Å²) in [6, 6.07) is 17.1. The summed E-state index contributed by atoms with van der Waals surface area (Å²) < 4.78 is 10.1. The first-order valence-electron chi connectivity index (χ1n) is 33.7. The second-order valence-electron chi connectivity index (χ2n) is 17.4. The van der Waals surface area contributed by atoms with Crippen LogP contribution < -0.4 is 50.8 Å². The molecule has 3 fully saturated rings. The van der Waals surface area contributed by atoms with Gasteiger partial charge < -0.3 is 62.2 Å². The molecule has 3 aromatic rings. The van der Waals surface area contributed by atoms with E-state index < -0.39 is 5.97 Å². The van der Waals surface area contributed by atoms with E-state index in [0.29, 0.717) is 6.10 Å². The van der Waals surface area contributed by atoms with E-state index in [1.54, 1.807) is 51.3 Å². The Morgan fingerprint density at radius 2 is 0.777 bits per heavy atom. The largest absolute Gasteiger partial charge is 1.00 e. The van der Waals surface area contributed by atoms with Gasteiger partial charge in [0.1, 0.15) is 5.60 Å². The van der Waals surface area contributed by atoms with Gasteiger partial charge in [0.15, 0.2) is 0 Å². The Hall–Kier alpha value is -3.09. The van der Waals surface area contributed by atoms with Gasteiger partial charge in [-0.05, 0) is 142 Å². The van der Waals surface area contributed by atoms with Gasteiger partial charge in [0.05, 0.1) is 18.3 Å². The first-order valence-corrected chi connectivity index (χ1v) is 36.3. The molecule has 3 aromatic heterocycles. The van der Waals surface area contributed by atoms with Crippen molar-refractivity contribution in [3.63, 3.8) is 0 Å². The van der Waals surface area contributed by atoms with Crippen LogP contribution >= 0.6 is 39.1 Å². The number of aromatic nitrogens is 3. The monoisotopic (exact) mass is 1460 g/mol. The number of carboxylic acid groups (broad SMARTS) is 1. The maximum atomic E-state index is 10.5. The molecule has 3 aliphatic rings. The zero-order valence-corrected chi connectivity index (χ0v) is 71.3. The number of aliphatic hydroxyl groups is 2. The van der Waals surface area contributed by atoms with E-state index in [9.17, 15) is 14.4 Å². The molecule has 6 rings (SSSR count). The molecule has 0 saturated carbocycles. The Bertz CT molecular complexity index is 1450. The van der Waals surface area contributed by atoms with Crippen LogP contribution in [0.25, 0.3) is 0 Å². The molecule has 0 spiro atoms. The van der Waals surface area contributed by atoms with Gasteiger partial charge in [-0.15, -0.1) is 23.2 Å². The normalized spacial score (nSPS) is 11.7. The number of hydrogen-bond donors (Lipinski definition) is 7. The van der Waals surface area contributed by atoms with Crippen LogP contribution in [0.15, 0.2) is 91.8 Å². The Labute approximate surface area is 623 Å². The van der Waals surface area contributed by atoms with Crippen LogP contribution in [-0.2, 0) is 23.9 Å². The molecular formula is C71H152BrCl2N10NaO9. The summed E-state index contributed by atoms with van der Waals surface area (Å²) in [5, 5.41) is 36.7. The van der Waals surface area contributed by atoms with Crippen molar-refractivity contribution < 1.29 is 75.0 Å². The molecule has 0 unspecified atom stereocenters. The molecule has 0 aromatic carbocycles. The molecule has 23 heteroatoms. The fourth-order valence-corrected chi connectivity index (χ4v) is 5.44. The molecule has 3 saturated heterocycles. The number of carboxylic acids is 1. The Kier molecular flexibility index (Phi) is 172. The number of rotatable bonds is 6. The SMILES string of the molecule is CC.CC.CC.CC.CC.CC.CC(=O)O.CCBr.CCN(CC)CC.CCN1CCC(O)CC1.CCN1CCC(OC)CC1.CCl.CCl.CNC(=O)OC(C)(C)C.CNC(C)=O.CNC(C)=O.OC1CCNCC1.[H-].[Na+].c1ccncc1.c1ccncc1.c1ccncc1. The summed E-state index contributed by atoms with van der Waals surface area (Å²) >= 11 is 12.4. The molecule has 3 aliphatic heterocycles. The first kappa shape index (κ1) is 128. The average Bonchev–Trinajstić information content (AvgIpc) is 3.05. The second-order valence-corrected chi connectivity index (χ2v) is 18.5. The van der Waals surface area contributed by atoms with Crippen LogP contribution in [0.2, 0.25) is 0 Å². The molecule has 19 nitrogen and oxygen atoms in total. The van der Waals surface area contributed by atoms with Crippen LogP contribution in [0.5, 0.6) is 0 Å². The third kappa shape index (κ3) is 158. The van der Waals surface area contributed by atoms with Crippen LogP contribution in [0.4, 0.5) is 4.79 Å². The van der Waals surface area contributed by atoms with Crippen LogP contribution in [-0.4, -0.2) is 211 Å². The van der Waals surface area contributed by atoms with Gasteiger partial charge in [0.25, 0.3) is 5.97 Å². The van der Waals surface area contributed by atoms with Crippen LogP contribution in [0.1, 0.15) is 206 Å². The van der Waals surface area contributed by atoms with Crippen LogP contribution in [0.3, 0.4) is 0 Å². The van der Waals surface area contributed by atoms with E-state index in [4.69, 9.17) is 29.6 Å². The molecule has 0 atom stereocenters. The molecular weight excluding hydrogens is 1310 g/mol. The minimum atomic E-state index is -0.833. The smallest absolute Gasteiger partial charge is 1.00 e. The molecule has 0 aliphatic carbocycles. The van der Waals surface area contributed by atoms with Crippen molar-refractivity contribution in [2.24, 2.45) is 0 Å². The van der Waals surface area contributed by atoms with Crippen molar-refractivity contribution in [1.82, 2.24) is 50.9 Å². The van der Waals surface area contributed by atoms with Gasteiger partial charge in [-0.1, -0.05) is 159 Å². The third-order valence-corrected chi connectivity index (χ3v) is 9.98. The number of aliphatic hydroxyl groups excluding tert-OH is 2. The van der Waals surface area contributed by atoms with E-state index in [-0.39, 0.29) is 66.7 Å². The van der Waals surface area contributed by atoms with Crippen molar-refractivity contribution >= 4 is 63.0 Å². The van der Waals surface area contributed by atoms with Gasteiger partial charge in [0.2, 0.25) is 11.8 Å². The number of piperidine rings is 3. The van der Waals surface area contributed by atoms with Gasteiger partial charge in [0, 0.05) is 130 Å². The predicted molar refractivity (Wildman–Crippen MR) is 414 cm³/mol. The zero-order valence-electron chi connectivity index (χ0n) is 67.2. The van der Waals surface area contributed by atoms with Gasteiger partial charge in [-0.3, -0.25) is 29.3 Å². The van der Waals surface area contributed by atoms with Crippen molar-refractivity contribution in [3.8, 4) is 0 Å². The number of alkyl halides is 3. The molecule has 0 radical (unpaired) electrons. The van der Waals surface area contributed by atoms with Gasteiger partial charge in [-0.25, -0.2) is 4.79 Å². The molecule has 94 heavy (non-hydrogen) atoms. The summed E-state index contributed by atoms with van der Waals surface area (Å²) in [5.74, 6) is -0.824. The second kappa shape index (κ2) is 127. The summed E-state index contributed by atoms with van der Waals surface area (Å²) in [6.45, 7) is 58.9. The van der Waals surface area contributed by atoms with Crippen molar-refractivity contribution in [1.29, 1.82) is 0 Å². The Morgan fingerprint density at radius 3 is 0.894 bits per heavy atom. The number of hydrogen-bond acceptors (Lipinski definition) is 15. The number of methoxy groups -OCH3 is 1. The standard InChI is InChI=1S/C8H17NO.C7H15NO.C6H13NO2.C6H15N.C5H11NO.3C5H5N.2C3H7NO.C2H5Br.C2H4O2.6C2H6.2CH3Cl.Na.H/c1-3-9-6-4-8(10-2)5-7-9;1-2-8-5-3-7(9)4-6-8;1-6(2,3)9-5(8)7-4;1-4-7(5-2)6-3;7-5-1-3-6-4-2-5;3*1-2-4-6-5-3-1;2*1-3(5)4-2;1-2-3;1-2(3)4;8*1-2;;/h8H,3-7H2,1-2H3;7,9H,2-6H2,1H3;1-4H3,(H,7,8);4-6H2,1-3H3;5-7H,1-4H2;3*1-5H;2*1-2H3,(H,4,5);2H2,1H3;1H3,(H,3,4);6*1-2H3;2*1H3;;/q;;;;;;;;;;;;;;;;;;;;+1;-1. The number of carbonyl (C=O) groups excluding carboxylic acids is 3. The fourth-order valence-electron chi connectivity index (χ4n) is 5.44. The van der Waals surface area contributed by atoms with E-state index in [0.717, 1.165) is 70.7 Å². The summed E-state index contributed by atoms with van der Waals surface area (Å²) in [5.41, 5.74) is -0.389. The van der Waals surface area contributed by atoms with E-state index in [2.05, 4.69) is 125 Å². The van der Waals surface area contributed by atoms with Crippen molar-refractivity contribution in [3.05, 3.63) is 91.8 Å².